The van der Waals surface area contributed by atoms with Gasteiger partial charge in [-0.25, -0.2) is 17.7 Å². The van der Waals surface area contributed by atoms with Crippen LogP contribution in [0.3, 0.4) is 0 Å². The van der Waals surface area contributed by atoms with Crippen molar-refractivity contribution in [2.75, 3.05) is 52.4 Å². The number of carbonyl (C=O) groups is 1. The van der Waals surface area contributed by atoms with Gasteiger partial charge in [-0.1, -0.05) is 6.07 Å². The number of fused-ring (bicyclic) bond motifs is 1. The lowest BCUT2D eigenvalue weighted by atomic mass is 9.79. The molecular weight excluding hydrogens is 634 g/mol. The zero-order valence-corrected chi connectivity index (χ0v) is 28.1. The van der Waals surface area contributed by atoms with Gasteiger partial charge in [-0.2, -0.15) is 5.26 Å². The largest absolute Gasteiger partial charge is 0.497 e. The molecule has 0 spiro atoms. The third kappa shape index (κ3) is 5.50. The molecule has 2 atom stereocenters. The lowest BCUT2D eigenvalue weighted by Gasteiger charge is -2.41. The fraction of sp³-hybridized carbons (Fsp3) is 0.343. The van der Waals surface area contributed by atoms with Crippen LogP contribution in [0.2, 0.25) is 0 Å². The average molecular weight is 672 g/mol. The van der Waals surface area contributed by atoms with Crippen molar-refractivity contribution in [3.05, 3.63) is 101 Å². The first-order chi connectivity index (χ1) is 23.2. The maximum atomic E-state index is 15.5. The van der Waals surface area contributed by atoms with E-state index < -0.39 is 27.5 Å². The Morgan fingerprint density at radius 2 is 1.85 bits per heavy atom. The molecule has 13 heteroatoms. The maximum Gasteiger partial charge on any atom is 0.271 e. The molecular formula is C35H37N5O7S. The van der Waals surface area contributed by atoms with Gasteiger partial charge >= 0.3 is 0 Å². The fourth-order valence-corrected chi connectivity index (χ4v) is 8.29. The summed E-state index contributed by atoms with van der Waals surface area (Å²) in [5.41, 5.74) is 0.357. The highest BCUT2D eigenvalue weighted by Crippen LogP contribution is 2.56. The summed E-state index contributed by atoms with van der Waals surface area (Å²) in [5.74, 6) is 0.549. The van der Waals surface area contributed by atoms with Crippen LogP contribution in [-0.2, 0) is 31.6 Å². The molecule has 0 N–H and O–H groups in total. The first-order valence-electron chi connectivity index (χ1n) is 15.5. The minimum Gasteiger partial charge on any atom is -0.497 e. The molecule has 1 saturated heterocycles. The van der Waals surface area contributed by atoms with Gasteiger partial charge in [0, 0.05) is 37.9 Å². The van der Waals surface area contributed by atoms with Gasteiger partial charge in [0.15, 0.2) is 5.54 Å². The molecule has 1 amide bonds. The number of sulfonamides is 1. The number of anilines is 1. The van der Waals surface area contributed by atoms with E-state index >= 15 is 4.79 Å². The van der Waals surface area contributed by atoms with Crippen LogP contribution in [-0.4, -0.2) is 77.2 Å². The summed E-state index contributed by atoms with van der Waals surface area (Å²) >= 11 is 0. The number of hydrogen-bond acceptors (Lipinski definition) is 11. The van der Waals surface area contributed by atoms with Crippen molar-refractivity contribution in [3.63, 3.8) is 0 Å². The van der Waals surface area contributed by atoms with E-state index in [0.29, 0.717) is 67.6 Å². The number of nitrogens with zero attached hydrogens (tertiary/aromatic N) is 5. The van der Waals surface area contributed by atoms with Gasteiger partial charge in [0.1, 0.15) is 17.8 Å². The number of benzene rings is 3. The van der Waals surface area contributed by atoms with Crippen molar-refractivity contribution in [2.24, 2.45) is 0 Å². The monoisotopic (exact) mass is 671 g/mol. The molecule has 2 unspecified atom stereocenters. The number of aromatic nitrogens is 1. The second kappa shape index (κ2) is 13.4. The van der Waals surface area contributed by atoms with Gasteiger partial charge in [0.05, 0.1) is 55.3 Å². The molecule has 1 fully saturated rings. The molecule has 0 bridgehead atoms. The van der Waals surface area contributed by atoms with E-state index in [2.05, 4.69) is 16.0 Å². The van der Waals surface area contributed by atoms with Crippen LogP contribution in [0.25, 0.3) is 0 Å². The SMILES string of the molecule is COCCN(C)Cc1ccc(OC)c(C2(N3CCCC3c3ncco3)C(=O)N(S(=O)(=O)c3ccc(OC)cc3)c3ccc(C#N)cc32)c1. The van der Waals surface area contributed by atoms with E-state index in [0.717, 1.165) is 9.87 Å². The second-order valence-corrected chi connectivity index (χ2v) is 13.6. The molecule has 2 aliphatic rings. The van der Waals surface area contributed by atoms with Gasteiger partial charge in [0.2, 0.25) is 5.89 Å². The van der Waals surface area contributed by atoms with E-state index in [4.69, 9.17) is 18.6 Å². The van der Waals surface area contributed by atoms with E-state index in [1.165, 1.54) is 56.9 Å². The molecule has 3 heterocycles. The topological polar surface area (TPSA) is 138 Å². The molecule has 0 aliphatic carbocycles. The first-order valence-corrected chi connectivity index (χ1v) is 16.9. The van der Waals surface area contributed by atoms with E-state index in [9.17, 15) is 13.7 Å². The molecule has 250 valence electrons. The number of oxazole rings is 1. The molecule has 12 nitrogen and oxygen atoms in total. The molecule has 2 aliphatic heterocycles. The van der Waals surface area contributed by atoms with Crippen LogP contribution < -0.4 is 13.8 Å². The fourth-order valence-electron chi connectivity index (χ4n) is 6.83. The van der Waals surface area contributed by atoms with E-state index in [1.807, 2.05) is 24.1 Å². The number of carbonyl (C=O) groups excluding carboxylic acids is 1. The third-order valence-electron chi connectivity index (χ3n) is 9.03. The number of amides is 1. The average Bonchev–Trinajstić information content (AvgIpc) is 3.86. The zero-order chi connectivity index (χ0) is 34.1. The third-order valence-corrected chi connectivity index (χ3v) is 10.7. The number of rotatable bonds is 12. The highest BCUT2D eigenvalue weighted by atomic mass is 32.2. The Labute approximate surface area is 280 Å². The van der Waals surface area contributed by atoms with Gasteiger partial charge in [-0.15, -0.1) is 0 Å². The van der Waals surface area contributed by atoms with E-state index in [1.54, 1.807) is 25.4 Å². The summed E-state index contributed by atoms with van der Waals surface area (Å²) < 4.78 is 52.3. The van der Waals surface area contributed by atoms with Crippen molar-refractivity contribution in [1.29, 1.82) is 5.26 Å². The first kappa shape index (κ1) is 33.2. The maximum absolute atomic E-state index is 15.5. The quantitative estimate of drug-likeness (QED) is 0.211. The van der Waals surface area contributed by atoms with Gasteiger partial charge < -0.3 is 18.6 Å². The zero-order valence-electron chi connectivity index (χ0n) is 27.3. The molecule has 6 rings (SSSR count). The van der Waals surface area contributed by atoms with Crippen molar-refractivity contribution < 1.29 is 31.8 Å². The highest BCUT2D eigenvalue weighted by molar-refractivity contribution is 7.93. The predicted octanol–water partition coefficient (Wildman–Crippen LogP) is 4.46. The number of nitriles is 1. The van der Waals surface area contributed by atoms with Crippen LogP contribution in [0, 0.1) is 11.3 Å². The van der Waals surface area contributed by atoms with Crippen molar-refractivity contribution in [3.8, 4) is 17.6 Å². The second-order valence-electron chi connectivity index (χ2n) is 11.8. The van der Waals surface area contributed by atoms with Gasteiger partial charge in [-0.3, -0.25) is 14.6 Å². The summed E-state index contributed by atoms with van der Waals surface area (Å²) in [6, 6.07) is 17.9. The molecule has 0 saturated carbocycles. The predicted molar refractivity (Wildman–Crippen MR) is 176 cm³/mol. The Hall–Kier alpha value is -4.74. The number of likely N-dealkylation sites (tertiary alicyclic amines) is 1. The number of likely N-dealkylation sites (N-methyl/N-ethyl adjacent to an activating group) is 1. The lowest BCUT2D eigenvalue weighted by Crippen LogP contribution is -2.54. The molecule has 48 heavy (non-hydrogen) atoms. The Morgan fingerprint density at radius 3 is 2.52 bits per heavy atom. The normalized spacial score (nSPS) is 19.5. The Bertz CT molecular complexity index is 1940. The van der Waals surface area contributed by atoms with Crippen molar-refractivity contribution >= 4 is 21.6 Å². The van der Waals surface area contributed by atoms with Crippen LogP contribution in [0.1, 0.15) is 47.0 Å². The number of methoxy groups -OCH3 is 3. The lowest BCUT2D eigenvalue weighted by molar-refractivity contribution is -0.127. The minimum absolute atomic E-state index is 0.0890. The van der Waals surface area contributed by atoms with Gasteiger partial charge in [0.25, 0.3) is 15.9 Å². The van der Waals surface area contributed by atoms with E-state index in [-0.39, 0.29) is 16.1 Å². The van der Waals surface area contributed by atoms with Crippen LogP contribution in [0.5, 0.6) is 11.5 Å². The van der Waals surface area contributed by atoms with Crippen LogP contribution in [0.15, 0.2) is 82.4 Å². The minimum atomic E-state index is -4.47. The van der Waals surface area contributed by atoms with Crippen LogP contribution >= 0.6 is 0 Å². The van der Waals surface area contributed by atoms with Crippen molar-refractivity contribution in [1.82, 2.24) is 14.8 Å². The summed E-state index contributed by atoms with van der Waals surface area (Å²) in [5, 5.41) is 10.1. The number of hydrogen-bond donors (Lipinski definition) is 0. The van der Waals surface area contributed by atoms with Crippen molar-refractivity contribution in [2.45, 2.75) is 35.9 Å². The molecule has 0 radical (unpaired) electrons. The Kier molecular flexibility index (Phi) is 9.26. The summed E-state index contributed by atoms with van der Waals surface area (Å²) in [4.78, 5) is 23.9. The molecule has 1 aromatic heterocycles. The standard InChI is InChI=1S/C35H37N5O7S/c1-38(17-19-44-2)23-25-8-14-32(46-4)29(21-25)35(39-16-5-6-31(39)33-37-15-18-47-33)28-20-24(22-36)7-13-30(28)40(34(35)41)48(42,43)27-11-9-26(45-3)10-12-27/h7-15,18,20-21,31H,5-6,16-17,19,23H2,1-4H3. The highest BCUT2D eigenvalue weighted by Gasteiger charge is 2.62. The smallest absolute Gasteiger partial charge is 0.271 e. The Morgan fingerprint density at radius 1 is 1.06 bits per heavy atom. The summed E-state index contributed by atoms with van der Waals surface area (Å²) in [7, 11) is 2.15. The van der Waals surface area contributed by atoms with Gasteiger partial charge in [-0.05, 0) is 80.1 Å². The molecule has 3 aromatic carbocycles. The van der Waals surface area contributed by atoms with Crippen LogP contribution in [0.4, 0.5) is 5.69 Å². The number of ether oxygens (including phenoxy) is 3. The summed E-state index contributed by atoms with van der Waals surface area (Å²) in [6.45, 7) is 2.14. The summed E-state index contributed by atoms with van der Waals surface area (Å²) in [6.07, 6.45) is 4.32. The Balaban J connectivity index is 1.64. The molecule has 4 aromatic rings.